The SMILES string of the molecule is CCCNC(=O)[C@@H](CC)N(Cc1c(Cl)cccc1Cl)C(=O)CCCN1c2cccc3cccc(c23)S1(=O)=O. The largest absolute Gasteiger partial charge is 0.354 e. The summed E-state index contributed by atoms with van der Waals surface area (Å²) < 4.78 is 27.9. The summed E-state index contributed by atoms with van der Waals surface area (Å²) in [6.07, 6.45) is 1.51. The van der Waals surface area contributed by atoms with Gasteiger partial charge in [0.1, 0.15) is 6.04 Å². The molecule has 0 saturated carbocycles. The third-order valence-corrected chi connectivity index (χ3v) is 9.32. The van der Waals surface area contributed by atoms with Gasteiger partial charge < -0.3 is 10.2 Å². The number of hydrogen-bond donors (Lipinski definition) is 1. The molecule has 1 N–H and O–H groups in total. The Morgan fingerprint density at radius 3 is 2.32 bits per heavy atom. The van der Waals surface area contributed by atoms with Crippen molar-refractivity contribution in [2.45, 2.75) is 57.0 Å². The second-order valence-corrected chi connectivity index (χ2v) is 11.9. The lowest BCUT2D eigenvalue weighted by molar-refractivity contribution is -0.141. The minimum atomic E-state index is -3.71. The van der Waals surface area contributed by atoms with Crippen molar-refractivity contribution in [1.82, 2.24) is 10.2 Å². The Morgan fingerprint density at radius 2 is 1.66 bits per heavy atom. The number of nitrogens with zero attached hydrogens (tertiary/aromatic N) is 2. The van der Waals surface area contributed by atoms with E-state index in [0.717, 1.165) is 11.8 Å². The molecule has 0 spiro atoms. The Morgan fingerprint density at radius 1 is 1.00 bits per heavy atom. The van der Waals surface area contributed by atoms with Crippen LogP contribution < -0.4 is 9.62 Å². The molecule has 10 heteroatoms. The van der Waals surface area contributed by atoms with Crippen molar-refractivity contribution in [3.63, 3.8) is 0 Å². The molecule has 1 heterocycles. The number of anilines is 1. The second kappa shape index (κ2) is 11.9. The molecule has 0 unspecified atom stereocenters. The standard InChI is InChI=1S/C28H31Cl2N3O4S/c1-3-16-31-28(35)23(4-2)32(18-20-21(29)11-7-12-22(20)30)26(34)15-8-17-33-24-13-5-9-19-10-6-14-25(27(19)24)38(33,36)37/h5-7,9-14,23H,3-4,8,15-18H2,1-2H3,(H,31,35)/t23-/m1/s1. The predicted molar refractivity (Wildman–Crippen MR) is 152 cm³/mol. The number of carbonyl (C=O) groups is 2. The number of nitrogens with one attached hydrogen (secondary N) is 1. The molecule has 38 heavy (non-hydrogen) atoms. The highest BCUT2D eigenvalue weighted by Gasteiger charge is 2.35. The van der Waals surface area contributed by atoms with E-state index in [1.807, 2.05) is 32.0 Å². The summed E-state index contributed by atoms with van der Waals surface area (Å²) in [5.41, 5.74) is 1.19. The van der Waals surface area contributed by atoms with Crippen LogP contribution >= 0.6 is 23.2 Å². The van der Waals surface area contributed by atoms with Gasteiger partial charge in [0.05, 0.1) is 10.6 Å². The number of benzene rings is 3. The lowest BCUT2D eigenvalue weighted by Crippen LogP contribution is -2.49. The summed E-state index contributed by atoms with van der Waals surface area (Å²) in [4.78, 5) is 28.4. The van der Waals surface area contributed by atoms with Gasteiger partial charge in [0.15, 0.2) is 0 Å². The van der Waals surface area contributed by atoms with E-state index in [2.05, 4.69) is 5.32 Å². The van der Waals surface area contributed by atoms with Crippen molar-refractivity contribution in [3.05, 3.63) is 70.2 Å². The molecule has 1 aliphatic heterocycles. The van der Waals surface area contributed by atoms with E-state index in [1.54, 1.807) is 36.4 Å². The van der Waals surface area contributed by atoms with E-state index in [1.165, 1.54) is 9.21 Å². The number of amides is 2. The molecule has 1 atom stereocenters. The van der Waals surface area contributed by atoms with Crippen LogP contribution in [0.5, 0.6) is 0 Å². The fraction of sp³-hybridized carbons (Fsp3) is 0.357. The molecule has 0 saturated heterocycles. The highest BCUT2D eigenvalue weighted by atomic mass is 35.5. The normalized spacial score (nSPS) is 14.5. The minimum absolute atomic E-state index is 0.0535. The highest BCUT2D eigenvalue weighted by molar-refractivity contribution is 7.93. The first-order chi connectivity index (χ1) is 18.2. The van der Waals surface area contributed by atoms with Crippen LogP contribution in [0.3, 0.4) is 0 Å². The molecule has 3 aromatic carbocycles. The Hall–Kier alpha value is -2.81. The van der Waals surface area contributed by atoms with Gasteiger partial charge in [0.25, 0.3) is 10.0 Å². The van der Waals surface area contributed by atoms with Crippen molar-refractivity contribution in [2.75, 3.05) is 17.4 Å². The quantitative estimate of drug-likeness (QED) is 0.314. The van der Waals surface area contributed by atoms with Crippen LogP contribution in [-0.4, -0.2) is 44.3 Å². The zero-order chi connectivity index (χ0) is 27.4. The lowest BCUT2D eigenvalue weighted by Gasteiger charge is -2.31. The highest BCUT2D eigenvalue weighted by Crippen LogP contribution is 2.42. The van der Waals surface area contributed by atoms with Gasteiger partial charge in [-0.25, -0.2) is 8.42 Å². The first-order valence-corrected chi connectivity index (χ1v) is 14.9. The Balaban J connectivity index is 1.54. The van der Waals surface area contributed by atoms with Crippen LogP contribution in [-0.2, 0) is 26.2 Å². The summed E-state index contributed by atoms with van der Waals surface area (Å²) in [7, 11) is -3.71. The maximum absolute atomic E-state index is 13.6. The summed E-state index contributed by atoms with van der Waals surface area (Å²) >= 11 is 12.8. The number of halogens is 2. The maximum atomic E-state index is 13.6. The smallest absolute Gasteiger partial charge is 0.265 e. The Labute approximate surface area is 233 Å². The second-order valence-electron chi connectivity index (χ2n) is 9.25. The summed E-state index contributed by atoms with van der Waals surface area (Å²) in [6, 6.07) is 15.1. The molecule has 0 aromatic heterocycles. The molecule has 2 amide bonds. The van der Waals surface area contributed by atoms with Gasteiger partial charge in [0.2, 0.25) is 11.8 Å². The van der Waals surface area contributed by atoms with E-state index in [4.69, 9.17) is 23.2 Å². The van der Waals surface area contributed by atoms with Gasteiger partial charge in [-0.15, -0.1) is 0 Å². The van der Waals surface area contributed by atoms with Gasteiger partial charge in [-0.1, -0.05) is 67.4 Å². The van der Waals surface area contributed by atoms with Crippen molar-refractivity contribution in [2.24, 2.45) is 0 Å². The molecular weight excluding hydrogens is 545 g/mol. The van der Waals surface area contributed by atoms with E-state index in [-0.39, 0.29) is 42.6 Å². The lowest BCUT2D eigenvalue weighted by atomic mass is 10.1. The third-order valence-electron chi connectivity index (χ3n) is 6.76. The van der Waals surface area contributed by atoms with Gasteiger partial charge in [0, 0.05) is 47.1 Å². The van der Waals surface area contributed by atoms with Gasteiger partial charge in [-0.05, 0) is 48.9 Å². The van der Waals surface area contributed by atoms with Crippen LogP contribution in [0.4, 0.5) is 5.69 Å². The van der Waals surface area contributed by atoms with Crippen molar-refractivity contribution < 1.29 is 18.0 Å². The molecule has 4 rings (SSSR count). The molecule has 1 aliphatic rings. The fourth-order valence-corrected chi connectivity index (χ4v) is 7.12. The molecule has 0 bridgehead atoms. The molecule has 0 aliphatic carbocycles. The zero-order valence-electron chi connectivity index (χ0n) is 21.4. The Kier molecular flexibility index (Phi) is 8.85. The first kappa shape index (κ1) is 28.2. The maximum Gasteiger partial charge on any atom is 0.265 e. The number of hydrogen-bond acceptors (Lipinski definition) is 4. The van der Waals surface area contributed by atoms with Crippen molar-refractivity contribution >= 4 is 61.5 Å². The van der Waals surface area contributed by atoms with Crippen molar-refractivity contribution in [1.29, 1.82) is 0 Å². The van der Waals surface area contributed by atoms with Crippen LogP contribution in [0.15, 0.2) is 59.5 Å². The average Bonchev–Trinajstić information content (AvgIpc) is 3.12. The number of rotatable bonds is 11. The zero-order valence-corrected chi connectivity index (χ0v) is 23.7. The molecule has 7 nitrogen and oxygen atoms in total. The molecule has 202 valence electrons. The summed E-state index contributed by atoms with van der Waals surface area (Å²) in [5, 5.41) is 5.26. The van der Waals surface area contributed by atoms with Crippen LogP contribution in [0.25, 0.3) is 10.8 Å². The topological polar surface area (TPSA) is 86.8 Å². The van der Waals surface area contributed by atoms with E-state index in [0.29, 0.717) is 39.6 Å². The predicted octanol–water partition coefficient (Wildman–Crippen LogP) is 5.77. The van der Waals surface area contributed by atoms with Gasteiger partial charge >= 0.3 is 0 Å². The van der Waals surface area contributed by atoms with Gasteiger partial charge in [-0.3, -0.25) is 13.9 Å². The number of sulfonamides is 1. The van der Waals surface area contributed by atoms with Gasteiger partial charge in [-0.2, -0.15) is 0 Å². The van der Waals surface area contributed by atoms with Crippen molar-refractivity contribution in [3.8, 4) is 0 Å². The summed E-state index contributed by atoms with van der Waals surface area (Å²) in [5.74, 6) is -0.512. The molecule has 0 fully saturated rings. The van der Waals surface area contributed by atoms with Crippen LogP contribution in [0.2, 0.25) is 10.0 Å². The Bertz CT molecular complexity index is 1440. The van der Waals surface area contributed by atoms with Crippen LogP contribution in [0, 0.1) is 0 Å². The minimum Gasteiger partial charge on any atom is -0.354 e. The van der Waals surface area contributed by atoms with E-state index >= 15 is 0 Å². The monoisotopic (exact) mass is 575 g/mol. The first-order valence-electron chi connectivity index (χ1n) is 12.7. The fourth-order valence-electron chi connectivity index (χ4n) is 4.86. The third kappa shape index (κ3) is 5.48. The van der Waals surface area contributed by atoms with E-state index < -0.39 is 16.1 Å². The average molecular weight is 577 g/mol. The molecule has 0 radical (unpaired) electrons. The van der Waals surface area contributed by atoms with E-state index in [9.17, 15) is 18.0 Å². The summed E-state index contributed by atoms with van der Waals surface area (Å²) in [6.45, 7) is 4.52. The van der Waals surface area contributed by atoms with Crippen LogP contribution in [0.1, 0.15) is 45.1 Å². The number of carbonyl (C=O) groups excluding carboxylic acids is 2. The molecule has 3 aromatic rings. The molecular formula is C28H31Cl2N3O4S.